The quantitative estimate of drug-likeness (QED) is 0.0433. The predicted molar refractivity (Wildman–Crippen MR) is 204 cm³/mol. The molecule has 0 amide bonds. The van der Waals surface area contributed by atoms with E-state index in [1.54, 1.807) is 0 Å². The Labute approximate surface area is 320 Å². The lowest BCUT2D eigenvalue weighted by molar-refractivity contribution is -0.0399. The molecule has 3 rings (SSSR count). The summed E-state index contributed by atoms with van der Waals surface area (Å²) in [4.78, 5) is 0. The summed E-state index contributed by atoms with van der Waals surface area (Å²) in [6, 6.07) is 31.0. The van der Waals surface area contributed by atoms with E-state index in [0.29, 0.717) is 145 Å². The van der Waals surface area contributed by atoms with Gasteiger partial charge in [0.25, 0.3) is 0 Å². The van der Waals surface area contributed by atoms with E-state index in [4.69, 9.17) is 63.7 Å². The normalized spacial score (nSPS) is 11.7. The minimum absolute atomic E-state index is 0.416. The number of ether oxygens (including phenoxy) is 11. The predicted octanol–water partition coefficient (Wildman–Crippen LogP) is 5.40. The van der Waals surface area contributed by atoms with Crippen molar-refractivity contribution in [3.63, 3.8) is 0 Å². The van der Waals surface area contributed by atoms with Crippen LogP contribution in [-0.2, 0) is 57.7 Å². The Bertz CT molecular complexity index is 1110. The van der Waals surface area contributed by atoms with Crippen LogP contribution in [0.5, 0.6) is 0 Å². The van der Waals surface area contributed by atoms with Gasteiger partial charge in [0.2, 0.25) is 0 Å². The highest BCUT2D eigenvalue weighted by Crippen LogP contribution is 2.40. The Kier molecular flexibility index (Phi) is 27.0. The number of alkyl halides is 1. The van der Waals surface area contributed by atoms with Gasteiger partial charge in [-0.05, 0) is 16.7 Å². The number of benzene rings is 3. The van der Waals surface area contributed by atoms with Gasteiger partial charge in [0.1, 0.15) is 5.60 Å². The molecule has 3 aromatic rings. The van der Waals surface area contributed by atoms with Crippen molar-refractivity contribution < 1.29 is 52.1 Å². The van der Waals surface area contributed by atoms with E-state index in [2.05, 4.69) is 36.4 Å². The third-order valence-electron chi connectivity index (χ3n) is 7.66. The fourth-order valence-electron chi connectivity index (χ4n) is 5.16. The minimum Gasteiger partial charge on any atom is -0.378 e. The van der Waals surface area contributed by atoms with E-state index < -0.39 is 5.60 Å². The Morgan fingerprint density at radius 2 is 0.491 bits per heavy atom. The van der Waals surface area contributed by atoms with Crippen LogP contribution in [0.25, 0.3) is 0 Å². The van der Waals surface area contributed by atoms with Gasteiger partial charge in [0.05, 0.1) is 139 Å². The molecule has 0 aliphatic carbocycles. The van der Waals surface area contributed by atoms with Crippen molar-refractivity contribution in [3.05, 3.63) is 108 Å². The molecule has 3 aromatic carbocycles. The van der Waals surface area contributed by atoms with E-state index in [1.807, 2.05) is 54.6 Å². The van der Waals surface area contributed by atoms with Crippen LogP contribution in [0.15, 0.2) is 91.0 Å². The van der Waals surface area contributed by atoms with Crippen molar-refractivity contribution >= 4 is 11.6 Å². The number of hydrogen-bond donors (Lipinski definition) is 0. The smallest absolute Gasteiger partial charge is 0.143 e. The average molecular weight is 763 g/mol. The molecule has 0 bridgehead atoms. The molecule has 0 aliphatic heterocycles. The van der Waals surface area contributed by atoms with Crippen LogP contribution in [0.2, 0.25) is 0 Å². The standard InChI is InChI=1S/C41H59ClO11/c42-16-17-43-18-19-44-20-21-45-22-23-46-24-25-47-26-27-48-28-29-49-30-31-50-32-33-51-34-35-52-36-37-53-41(38-10-4-1-5-11-38,39-12-6-2-7-13-39)40-14-8-3-9-15-40/h1-15H,16-37H2. The SMILES string of the molecule is ClCCOCCOCCOCCOCCOCCOCCOCCOCCOCCOCCOC(c1ccccc1)(c1ccccc1)c1ccccc1. The number of hydrogen-bond acceptors (Lipinski definition) is 11. The van der Waals surface area contributed by atoms with Crippen LogP contribution in [0.4, 0.5) is 0 Å². The zero-order valence-electron chi connectivity index (χ0n) is 31.1. The first-order chi connectivity index (χ1) is 26.4. The van der Waals surface area contributed by atoms with Gasteiger partial charge in [0, 0.05) is 5.88 Å². The second-order valence-corrected chi connectivity index (χ2v) is 11.8. The zero-order chi connectivity index (χ0) is 37.2. The van der Waals surface area contributed by atoms with Gasteiger partial charge >= 0.3 is 0 Å². The Morgan fingerprint density at radius 3 is 0.717 bits per heavy atom. The van der Waals surface area contributed by atoms with Crippen molar-refractivity contribution in [1.82, 2.24) is 0 Å². The lowest BCUT2D eigenvalue weighted by Crippen LogP contribution is -2.34. The van der Waals surface area contributed by atoms with E-state index >= 15 is 0 Å². The summed E-state index contributed by atoms with van der Waals surface area (Å²) in [6.07, 6.45) is 0. The molecule has 0 aliphatic rings. The molecule has 0 unspecified atom stereocenters. The molecule has 0 fully saturated rings. The topological polar surface area (TPSA) is 102 Å². The first-order valence-corrected chi connectivity index (χ1v) is 19.1. The minimum atomic E-state index is -0.751. The molecule has 0 aromatic heterocycles. The molecule has 0 saturated carbocycles. The van der Waals surface area contributed by atoms with Crippen molar-refractivity contribution in [3.8, 4) is 0 Å². The van der Waals surface area contributed by atoms with Crippen molar-refractivity contribution in [1.29, 1.82) is 0 Å². The highest BCUT2D eigenvalue weighted by molar-refractivity contribution is 6.17. The number of halogens is 1. The first-order valence-electron chi connectivity index (χ1n) is 18.5. The molecule has 0 spiro atoms. The van der Waals surface area contributed by atoms with Gasteiger partial charge in [-0.3, -0.25) is 0 Å². The van der Waals surface area contributed by atoms with Crippen LogP contribution in [0.1, 0.15) is 16.7 Å². The van der Waals surface area contributed by atoms with Crippen molar-refractivity contribution in [2.45, 2.75) is 5.60 Å². The summed E-state index contributed by atoms with van der Waals surface area (Å²) >= 11 is 5.52. The van der Waals surface area contributed by atoms with Crippen molar-refractivity contribution in [2.75, 3.05) is 145 Å². The van der Waals surface area contributed by atoms with Crippen molar-refractivity contribution in [2.24, 2.45) is 0 Å². The summed E-state index contributed by atoms with van der Waals surface area (Å²) in [7, 11) is 0. The molecular formula is C41H59ClO11. The summed E-state index contributed by atoms with van der Waals surface area (Å²) < 4.78 is 61.9. The van der Waals surface area contributed by atoms with Crippen LogP contribution >= 0.6 is 11.6 Å². The van der Waals surface area contributed by atoms with E-state index in [-0.39, 0.29) is 0 Å². The third-order valence-corrected chi connectivity index (χ3v) is 7.81. The average Bonchev–Trinajstić information content (AvgIpc) is 3.21. The van der Waals surface area contributed by atoms with Gasteiger partial charge in [-0.1, -0.05) is 91.0 Å². The molecule has 0 saturated heterocycles. The van der Waals surface area contributed by atoms with Gasteiger partial charge in [0.15, 0.2) is 0 Å². The van der Waals surface area contributed by atoms with Crippen LogP contribution in [0.3, 0.4) is 0 Å². The molecule has 53 heavy (non-hydrogen) atoms. The molecule has 0 radical (unpaired) electrons. The highest BCUT2D eigenvalue weighted by Gasteiger charge is 2.37. The molecular weight excluding hydrogens is 704 g/mol. The second kappa shape index (κ2) is 31.8. The van der Waals surface area contributed by atoms with Gasteiger partial charge < -0.3 is 52.1 Å². The largest absolute Gasteiger partial charge is 0.378 e. The summed E-state index contributed by atoms with van der Waals surface area (Å²) in [6.45, 7) is 10.5. The summed E-state index contributed by atoms with van der Waals surface area (Å²) in [5, 5.41) is 0. The molecule has 11 nitrogen and oxygen atoms in total. The molecule has 296 valence electrons. The highest BCUT2D eigenvalue weighted by atomic mass is 35.5. The Balaban J connectivity index is 1.07. The number of rotatable bonds is 36. The lowest BCUT2D eigenvalue weighted by atomic mass is 9.80. The first kappa shape index (κ1) is 44.9. The molecule has 0 N–H and O–H groups in total. The van der Waals surface area contributed by atoms with Crippen LogP contribution in [0, 0.1) is 0 Å². The summed E-state index contributed by atoms with van der Waals surface area (Å²) in [5.74, 6) is 0.495. The maximum Gasteiger partial charge on any atom is 0.143 e. The maximum atomic E-state index is 6.73. The third kappa shape index (κ3) is 20.1. The lowest BCUT2D eigenvalue weighted by Gasteiger charge is -2.36. The monoisotopic (exact) mass is 762 g/mol. The molecule has 0 atom stereocenters. The van der Waals surface area contributed by atoms with Gasteiger partial charge in [-0.15, -0.1) is 11.6 Å². The van der Waals surface area contributed by atoms with Crippen LogP contribution in [-0.4, -0.2) is 145 Å². The van der Waals surface area contributed by atoms with E-state index in [9.17, 15) is 0 Å². The van der Waals surface area contributed by atoms with E-state index in [1.165, 1.54) is 0 Å². The summed E-state index contributed by atoms with van der Waals surface area (Å²) in [5.41, 5.74) is 2.45. The Morgan fingerprint density at radius 1 is 0.283 bits per heavy atom. The fourth-order valence-corrected chi connectivity index (χ4v) is 5.27. The Hall–Kier alpha value is -2.49. The van der Waals surface area contributed by atoms with Crippen LogP contribution < -0.4 is 0 Å². The second-order valence-electron chi connectivity index (χ2n) is 11.4. The molecule has 12 heteroatoms. The maximum absolute atomic E-state index is 6.73. The van der Waals surface area contributed by atoms with E-state index in [0.717, 1.165) is 16.7 Å². The zero-order valence-corrected chi connectivity index (χ0v) is 31.8. The van der Waals surface area contributed by atoms with Gasteiger partial charge in [-0.2, -0.15) is 0 Å². The fraction of sp³-hybridized carbons (Fsp3) is 0.561. The molecule has 0 heterocycles. The van der Waals surface area contributed by atoms with Gasteiger partial charge in [-0.25, -0.2) is 0 Å².